The van der Waals surface area contributed by atoms with Crippen molar-refractivity contribution in [2.75, 3.05) is 19.8 Å². The number of amides is 1. The minimum absolute atomic E-state index is 0.0684. The quantitative estimate of drug-likeness (QED) is 0.0300. The van der Waals surface area contributed by atoms with Crippen LogP contribution >= 0.6 is 7.82 Å². The molecule has 48 heavy (non-hydrogen) atoms. The van der Waals surface area contributed by atoms with Gasteiger partial charge in [-0.2, -0.15) is 0 Å². The fourth-order valence-electron chi connectivity index (χ4n) is 4.96. The number of aliphatic hydroxyl groups excluding tert-OH is 1. The van der Waals surface area contributed by atoms with E-state index >= 15 is 0 Å². The van der Waals surface area contributed by atoms with Gasteiger partial charge in [-0.25, -0.2) is 4.57 Å². The average molecular weight is 695 g/mol. The minimum Gasteiger partial charge on any atom is -0.387 e. The molecular formula is C39H71N2O6P. The van der Waals surface area contributed by atoms with Gasteiger partial charge < -0.3 is 21.1 Å². The molecule has 0 aliphatic carbocycles. The molecule has 0 aromatic rings. The predicted octanol–water partition coefficient (Wildman–Crippen LogP) is 9.94. The maximum Gasteiger partial charge on any atom is 0.472 e. The molecule has 0 aromatic heterocycles. The van der Waals surface area contributed by atoms with Crippen molar-refractivity contribution in [2.45, 2.75) is 161 Å². The van der Waals surface area contributed by atoms with E-state index in [1.807, 2.05) is 6.08 Å². The molecule has 0 aliphatic heterocycles. The van der Waals surface area contributed by atoms with Crippen LogP contribution in [0.2, 0.25) is 0 Å². The number of carbonyl (C=O) groups excluding carboxylic acids is 1. The lowest BCUT2D eigenvalue weighted by Crippen LogP contribution is -2.45. The summed E-state index contributed by atoms with van der Waals surface area (Å²) in [4.78, 5) is 22.6. The number of unbranched alkanes of at least 4 members (excludes halogenated alkanes) is 14. The number of allylic oxidation sites excluding steroid dienone is 9. The second-order valence-electron chi connectivity index (χ2n) is 12.4. The van der Waals surface area contributed by atoms with Gasteiger partial charge in [0.1, 0.15) is 0 Å². The van der Waals surface area contributed by atoms with Crippen molar-refractivity contribution < 1.29 is 28.4 Å². The van der Waals surface area contributed by atoms with Gasteiger partial charge in [0.05, 0.1) is 25.4 Å². The van der Waals surface area contributed by atoms with E-state index in [4.69, 9.17) is 14.8 Å². The van der Waals surface area contributed by atoms with Gasteiger partial charge >= 0.3 is 7.82 Å². The van der Waals surface area contributed by atoms with Crippen molar-refractivity contribution in [2.24, 2.45) is 5.73 Å². The van der Waals surface area contributed by atoms with Crippen LogP contribution in [0.1, 0.15) is 149 Å². The summed E-state index contributed by atoms with van der Waals surface area (Å²) >= 11 is 0. The number of phosphoric ester groups is 1. The maximum absolute atomic E-state index is 12.7. The Bertz CT molecular complexity index is 933. The van der Waals surface area contributed by atoms with Gasteiger partial charge in [0.25, 0.3) is 0 Å². The van der Waals surface area contributed by atoms with Crippen LogP contribution in [-0.4, -0.2) is 47.8 Å². The molecule has 0 saturated heterocycles. The zero-order valence-corrected chi connectivity index (χ0v) is 31.3. The largest absolute Gasteiger partial charge is 0.472 e. The summed E-state index contributed by atoms with van der Waals surface area (Å²) in [6, 6.07) is -0.885. The van der Waals surface area contributed by atoms with Crippen LogP contribution in [0.15, 0.2) is 60.8 Å². The molecule has 0 saturated carbocycles. The van der Waals surface area contributed by atoms with Crippen molar-refractivity contribution in [1.29, 1.82) is 0 Å². The lowest BCUT2D eigenvalue weighted by atomic mass is 10.1. The van der Waals surface area contributed by atoms with Crippen molar-refractivity contribution >= 4 is 13.7 Å². The lowest BCUT2D eigenvalue weighted by molar-refractivity contribution is -0.123. The first kappa shape index (κ1) is 46.2. The molecule has 0 radical (unpaired) electrons. The normalized spacial score (nSPS) is 15.0. The van der Waals surface area contributed by atoms with E-state index < -0.39 is 20.0 Å². The standard InChI is InChI=1S/C39H71N2O6P/c1-3-5-7-9-11-13-15-16-17-18-19-20-21-22-23-25-27-29-31-33-39(43)41-37(36-47-48(44,45)46-35-34-40)38(42)32-30-28-26-24-14-12-10-8-6-4-2/h6,8,11,13-14,16-17,24,30,32,37-38,42H,3-5,7,9-10,12,15,18-23,25-29,31,33-36,40H2,1-2H3,(H,41,43)(H,44,45)/b8-6+,13-11-,17-16-,24-14+,32-30+. The molecule has 0 rings (SSSR count). The van der Waals surface area contributed by atoms with Crippen LogP contribution < -0.4 is 11.1 Å². The molecule has 8 nitrogen and oxygen atoms in total. The summed E-state index contributed by atoms with van der Waals surface area (Å²) in [6.45, 7) is 3.93. The second-order valence-corrected chi connectivity index (χ2v) is 13.8. The predicted molar refractivity (Wildman–Crippen MR) is 203 cm³/mol. The van der Waals surface area contributed by atoms with Crippen LogP contribution in [-0.2, 0) is 18.4 Å². The van der Waals surface area contributed by atoms with Crippen LogP contribution in [0.4, 0.5) is 0 Å². The Morgan fingerprint density at radius 3 is 1.81 bits per heavy atom. The number of hydrogen-bond acceptors (Lipinski definition) is 6. The molecule has 0 aliphatic rings. The second kappa shape index (κ2) is 35.0. The summed E-state index contributed by atoms with van der Waals surface area (Å²) in [5.74, 6) is -0.219. The van der Waals surface area contributed by atoms with Crippen LogP contribution in [0, 0.1) is 0 Å². The molecular weight excluding hydrogens is 623 g/mol. The van der Waals surface area contributed by atoms with E-state index in [2.05, 4.69) is 67.8 Å². The molecule has 0 bridgehead atoms. The van der Waals surface area contributed by atoms with Crippen LogP contribution in [0.25, 0.3) is 0 Å². The SMILES string of the molecule is CC/C=C/CC/C=C/CC/C=C/C(O)C(COP(=O)(O)OCCN)NC(=O)CCCCCCCCCCC/C=C\C/C=C\CCCCC. The van der Waals surface area contributed by atoms with Crippen LogP contribution in [0.3, 0.4) is 0 Å². The number of nitrogens with two attached hydrogens (primary N) is 1. The summed E-state index contributed by atoms with van der Waals surface area (Å²) in [7, 11) is -4.34. The molecule has 9 heteroatoms. The molecule has 0 aromatic carbocycles. The van der Waals surface area contributed by atoms with Gasteiger partial charge in [-0.05, 0) is 70.6 Å². The molecule has 0 fully saturated rings. The first-order valence-corrected chi connectivity index (χ1v) is 20.4. The molecule has 3 unspecified atom stereocenters. The van der Waals surface area contributed by atoms with Crippen LogP contribution in [0.5, 0.6) is 0 Å². The molecule has 1 amide bonds. The van der Waals surface area contributed by atoms with Gasteiger partial charge in [-0.1, -0.05) is 132 Å². The first-order valence-electron chi connectivity index (χ1n) is 18.9. The highest BCUT2D eigenvalue weighted by atomic mass is 31.2. The van der Waals surface area contributed by atoms with Gasteiger partial charge in [-0.15, -0.1) is 0 Å². The summed E-state index contributed by atoms with van der Waals surface area (Å²) in [5, 5.41) is 13.5. The highest BCUT2D eigenvalue weighted by molar-refractivity contribution is 7.47. The average Bonchev–Trinajstić information content (AvgIpc) is 3.07. The number of phosphoric acid groups is 1. The van der Waals surface area contributed by atoms with E-state index in [0.717, 1.165) is 57.8 Å². The summed E-state index contributed by atoms with van der Waals surface area (Å²) in [6.07, 6.45) is 42.8. The first-order chi connectivity index (χ1) is 23.4. The zero-order chi connectivity index (χ0) is 35.4. The Hall–Kier alpha value is -1.80. The maximum atomic E-state index is 12.7. The fourth-order valence-corrected chi connectivity index (χ4v) is 5.72. The third-order valence-electron chi connectivity index (χ3n) is 7.80. The number of aliphatic hydroxyl groups is 1. The number of nitrogens with one attached hydrogen (secondary N) is 1. The van der Waals surface area contributed by atoms with Crippen molar-refractivity contribution in [3.63, 3.8) is 0 Å². The fraction of sp³-hybridized carbons (Fsp3) is 0.718. The third kappa shape index (κ3) is 32.7. The summed E-state index contributed by atoms with van der Waals surface area (Å²) in [5.41, 5.74) is 5.34. The Labute approximate surface area is 294 Å². The zero-order valence-electron chi connectivity index (χ0n) is 30.5. The minimum atomic E-state index is -4.34. The van der Waals surface area contributed by atoms with E-state index in [0.29, 0.717) is 6.42 Å². The van der Waals surface area contributed by atoms with E-state index in [9.17, 15) is 19.4 Å². The Morgan fingerprint density at radius 2 is 1.23 bits per heavy atom. The highest BCUT2D eigenvalue weighted by Crippen LogP contribution is 2.43. The van der Waals surface area contributed by atoms with Crippen molar-refractivity contribution in [3.8, 4) is 0 Å². The van der Waals surface area contributed by atoms with E-state index in [-0.39, 0.29) is 25.7 Å². The number of rotatable bonds is 34. The van der Waals surface area contributed by atoms with Gasteiger partial charge in [0, 0.05) is 13.0 Å². The highest BCUT2D eigenvalue weighted by Gasteiger charge is 2.26. The topological polar surface area (TPSA) is 131 Å². The smallest absolute Gasteiger partial charge is 0.387 e. The number of hydrogen-bond donors (Lipinski definition) is 4. The molecule has 3 atom stereocenters. The molecule has 278 valence electrons. The van der Waals surface area contributed by atoms with Gasteiger partial charge in [0.15, 0.2) is 0 Å². The van der Waals surface area contributed by atoms with Crippen molar-refractivity contribution in [1.82, 2.24) is 5.32 Å². The Kier molecular flexibility index (Phi) is 33.7. The number of carbonyl (C=O) groups is 1. The third-order valence-corrected chi connectivity index (χ3v) is 8.79. The van der Waals surface area contributed by atoms with E-state index in [1.54, 1.807) is 6.08 Å². The van der Waals surface area contributed by atoms with Gasteiger partial charge in [-0.3, -0.25) is 13.8 Å². The monoisotopic (exact) mass is 695 g/mol. The van der Waals surface area contributed by atoms with Gasteiger partial charge in [0.2, 0.25) is 5.91 Å². The molecule has 0 heterocycles. The summed E-state index contributed by atoms with van der Waals surface area (Å²) < 4.78 is 22.0. The van der Waals surface area contributed by atoms with Crippen molar-refractivity contribution in [3.05, 3.63) is 60.8 Å². The molecule has 0 spiro atoms. The Balaban J connectivity index is 4.27. The van der Waals surface area contributed by atoms with E-state index in [1.165, 1.54) is 70.6 Å². The molecule has 5 N–H and O–H groups in total. The lowest BCUT2D eigenvalue weighted by Gasteiger charge is -2.23. The Morgan fingerprint density at radius 1 is 0.708 bits per heavy atom.